The number of pyridine rings is 1. The summed E-state index contributed by atoms with van der Waals surface area (Å²) in [4.78, 5) is 29.0. The number of carbonyl (C=O) groups is 2. The number of nitrogens with zero attached hydrogens (tertiary/aromatic N) is 2. The van der Waals surface area contributed by atoms with Gasteiger partial charge in [-0.2, -0.15) is 0 Å². The average molecular weight is 348 g/mol. The summed E-state index contributed by atoms with van der Waals surface area (Å²) in [5, 5.41) is 2.73. The highest BCUT2D eigenvalue weighted by Gasteiger charge is 2.23. The number of hydrogen-bond donors (Lipinski definition) is 2. The molecule has 2 amide bonds. The van der Waals surface area contributed by atoms with Crippen molar-refractivity contribution < 1.29 is 9.59 Å². The molecule has 0 aliphatic rings. The molecule has 0 bridgehead atoms. The summed E-state index contributed by atoms with van der Waals surface area (Å²) in [5.41, 5.74) is 8.24. The van der Waals surface area contributed by atoms with Crippen LogP contribution in [0, 0.1) is 13.8 Å². The SMILES string of the molecule is Cc1cc(C(=O)N[C@@H](C(N)=O)c2ccccc2)c(C)n1-c1ccccn1. The van der Waals surface area contributed by atoms with Crippen LogP contribution in [0.15, 0.2) is 60.8 Å². The van der Waals surface area contributed by atoms with Crippen LogP contribution in [0.4, 0.5) is 0 Å². The van der Waals surface area contributed by atoms with Crippen LogP contribution in [0.1, 0.15) is 33.4 Å². The molecule has 6 nitrogen and oxygen atoms in total. The number of nitrogens with two attached hydrogens (primary N) is 1. The Morgan fingerprint density at radius 2 is 1.77 bits per heavy atom. The van der Waals surface area contributed by atoms with E-state index < -0.39 is 11.9 Å². The molecule has 0 saturated heterocycles. The molecule has 1 atom stereocenters. The van der Waals surface area contributed by atoms with Crippen molar-refractivity contribution >= 4 is 11.8 Å². The fourth-order valence-corrected chi connectivity index (χ4v) is 3.00. The minimum Gasteiger partial charge on any atom is -0.368 e. The highest BCUT2D eigenvalue weighted by atomic mass is 16.2. The zero-order valence-electron chi connectivity index (χ0n) is 14.6. The van der Waals surface area contributed by atoms with Gasteiger partial charge >= 0.3 is 0 Å². The van der Waals surface area contributed by atoms with E-state index in [4.69, 9.17) is 5.73 Å². The Kier molecular flexibility index (Phi) is 4.84. The molecule has 3 rings (SSSR count). The molecule has 0 radical (unpaired) electrons. The van der Waals surface area contributed by atoms with E-state index in [0.717, 1.165) is 17.2 Å². The fourth-order valence-electron chi connectivity index (χ4n) is 3.00. The first kappa shape index (κ1) is 17.4. The van der Waals surface area contributed by atoms with Crippen LogP contribution in [0.25, 0.3) is 5.82 Å². The summed E-state index contributed by atoms with van der Waals surface area (Å²) in [6, 6.07) is 15.4. The lowest BCUT2D eigenvalue weighted by atomic mass is 10.1. The first-order valence-electron chi connectivity index (χ1n) is 8.24. The number of rotatable bonds is 5. The monoisotopic (exact) mass is 348 g/mol. The van der Waals surface area contributed by atoms with Gasteiger partial charge in [-0.15, -0.1) is 0 Å². The molecule has 1 aromatic carbocycles. The molecule has 0 saturated carbocycles. The van der Waals surface area contributed by atoms with Crippen LogP contribution >= 0.6 is 0 Å². The third kappa shape index (κ3) is 3.35. The second-order valence-electron chi connectivity index (χ2n) is 6.03. The highest BCUT2D eigenvalue weighted by molar-refractivity contribution is 5.98. The molecule has 3 aromatic rings. The lowest BCUT2D eigenvalue weighted by molar-refractivity contribution is -0.120. The van der Waals surface area contributed by atoms with Gasteiger partial charge in [0.1, 0.15) is 11.9 Å². The van der Waals surface area contributed by atoms with E-state index >= 15 is 0 Å². The summed E-state index contributed by atoms with van der Waals surface area (Å²) in [5.74, 6) is -0.230. The standard InChI is InChI=1S/C20H20N4O2/c1-13-12-16(14(2)24(13)17-10-6-7-11-22-17)20(26)23-18(19(21)25)15-8-4-3-5-9-15/h3-12,18H,1-2H3,(H2,21,25)(H,23,26)/t18-/m1/s1. The Morgan fingerprint density at radius 3 is 2.38 bits per heavy atom. The number of nitrogens with one attached hydrogen (secondary N) is 1. The molecule has 0 aliphatic carbocycles. The van der Waals surface area contributed by atoms with Crippen molar-refractivity contribution in [2.24, 2.45) is 5.73 Å². The Hall–Kier alpha value is -3.41. The number of carbonyl (C=O) groups excluding carboxylic acids is 2. The van der Waals surface area contributed by atoms with Crippen molar-refractivity contribution in [1.82, 2.24) is 14.9 Å². The molecule has 132 valence electrons. The van der Waals surface area contributed by atoms with Crippen LogP contribution < -0.4 is 11.1 Å². The minimum absolute atomic E-state index is 0.354. The Bertz CT molecular complexity index is 933. The molecular weight excluding hydrogens is 328 g/mol. The number of benzene rings is 1. The quantitative estimate of drug-likeness (QED) is 0.742. The summed E-state index contributed by atoms with van der Waals surface area (Å²) < 4.78 is 1.90. The minimum atomic E-state index is -0.887. The molecule has 26 heavy (non-hydrogen) atoms. The van der Waals surface area contributed by atoms with Crippen LogP contribution in [-0.2, 0) is 4.79 Å². The van der Waals surface area contributed by atoms with Crippen molar-refractivity contribution in [3.8, 4) is 5.82 Å². The van der Waals surface area contributed by atoms with Crippen molar-refractivity contribution in [1.29, 1.82) is 0 Å². The van der Waals surface area contributed by atoms with Crippen LogP contribution in [0.5, 0.6) is 0 Å². The molecule has 0 fully saturated rings. The topological polar surface area (TPSA) is 90.0 Å². The molecule has 3 N–H and O–H groups in total. The molecule has 0 aliphatic heterocycles. The first-order chi connectivity index (χ1) is 12.5. The van der Waals surface area contributed by atoms with E-state index in [-0.39, 0.29) is 5.91 Å². The van der Waals surface area contributed by atoms with E-state index in [1.54, 1.807) is 36.5 Å². The Balaban J connectivity index is 1.92. The molecule has 2 aromatic heterocycles. The summed E-state index contributed by atoms with van der Waals surface area (Å²) >= 11 is 0. The maximum Gasteiger partial charge on any atom is 0.254 e. The second kappa shape index (κ2) is 7.23. The van der Waals surface area contributed by atoms with Gasteiger partial charge in [0.25, 0.3) is 5.91 Å². The first-order valence-corrected chi connectivity index (χ1v) is 8.24. The van der Waals surface area contributed by atoms with Gasteiger partial charge in [0.05, 0.1) is 5.56 Å². The smallest absolute Gasteiger partial charge is 0.254 e. The second-order valence-corrected chi connectivity index (χ2v) is 6.03. The van der Waals surface area contributed by atoms with E-state index in [9.17, 15) is 9.59 Å². The zero-order chi connectivity index (χ0) is 18.7. The number of aryl methyl sites for hydroxylation is 1. The van der Waals surface area contributed by atoms with Gasteiger partial charge in [0, 0.05) is 17.6 Å². The molecule has 0 unspecified atom stereocenters. The zero-order valence-corrected chi connectivity index (χ0v) is 14.6. The van der Waals surface area contributed by atoms with Crippen molar-refractivity contribution in [3.63, 3.8) is 0 Å². The third-order valence-electron chi connectivity index (χ3n) is 4.25. The maximum atomic E-state index is 12.8. The number of aromatic nitrogens is 2. The summed E-state index contributed by atoms with van der Waals surface area (Å²) in [6.07, 6.45) is 1.70. The van der Waals surface area contributed by atoms with Gasteiger partial charge in [-0.1, -0.05) is 36.4 Å². The Labute approximate surface area is 151 Å². The van der Waals surface area contributed by atoms with Gasteiger partial charge in [-0.25, -0.2) is 4.98 Å². The predicted molar refractivity (Wildman–Crippen MR) is 98.9 cm³/mol. The summed E-state index contributed by atoms with van der Waals surface area (Å²) in [6.45, 7) is 3.75. The van der Waals surface area contributed by atoms with E-state index in [2.05, 4.69) is 10.3 Å². The highest BCUT2D eigenvalue weighted by Crippen LogP contribution is 2.21. The predicted octanol–water partition coefficient (Wildman–Crippen LogP) is 2.45. The summed E-state index contributed by atoms with van der Waals surface area (Å²) in [7, 11) is 0. The molecule has 6 heteroatoms. The van der Waals surface area contributed by atoms with Crippen LogP contribution in [0.2, 0.25) is 0 Å². The van der Waals surface area contributed by atoms with E-state index in [0.29, 0.717) is 11.1 Å². The van der Waals surface area contributed by atoms with Gasteiger partial charge in [-0.05, 0) is 37.6 Å². The maximum absolute atomic E-state index is 12.8. The van der Waals surface area contributed by atoms with Gasteiger partial charge in [0.15, 0.2) is 0 Å². The van der Waals surface area contributed by atoms with Crippen LogP contribution in [0.3, 0.4) is 0 Å². The normalized spacial score (nSPS) is 11.8. The largest absolute Gasteiger partial charge is 0.368 e. The van der Waals surface area contributed by atoms with Crippen LogP contribution in [-0.4, -0.2) is 21.4 Å². The average Bonchev–Trinajstić information content (AvgIpc) is 2.95. The van der Waals surface area contributed by atoms with Gasteiger partial charge in [-0.3, -0.25) is 9.59 Å². The number of primary amides is 1. The third-order valence-corrected chi connectivity index (χ3v) is 4.25. The molecule has 2 heterocycles. The lowest BCUT2D eigenvalue weighted by Gasteiger charge is -2.16. The lowest BCUT2D eigenvalue weighted by Crippen LogP contribution is -2.37. The van der Waals surface area contributed by atoms with Gasteiger partial charge < -0.3 is 15.6 Å². The Morgan fingerprint density at radius 1 is 1.08 bits per heavy atom. The van der Waals surface area contributed by atoms with E-state index in [1.165, 1.54) is 0 Å². The van der Waals surface area contributed by atoms with Crippen molar-refractivity contribution in [2.75, 3.05) is 0 Å². The van der Waals surface area contributed by atoms with E-state index in [1.807, 2.05) is 42.7 Å². The van der Waals surface area contributed by atoms with Gasteiger partial charge in [0.2, 0.25) is 5.91 Å². The molecular formula is C20H20N4O2. The van der Waals surface area contributed by atoms with Crippen molar-refractivity contribution in [3.05, 3.63) is 83.3 Å². The number of amides is 2. The fraction of sp³-hybridized carbons (Fsp3) is 0.150. The van der Waals surface area contributed by atoms with Crippen molar-refractivity contribution in [2.45, 2.75) is 19.9 Å². The number of hydrogen-bond acceptors (Lipinski definition) is 3. The molecule has 0 spiro atoms.